The third-order valence-corrected chi connectivity index (χ3v) is 9.14. The smallest absolute Gasteiger partial charge is 0.417 e. The Bertz CT molecular complexity index is 2370. The van der Waals surface area contributed by atoms with Crippen LogP contribution in [0.5, 0.6) is 5.75 Å². The molecule has 1 amide bonds. The van der Waals surface area contributed by atoms with Crippen LogP contribution in [-0.2, 0) is 15.7 Å². The summed E-state index contributed by atoms with van der Waals surface area (Å²) in [4.78, 5) is 46.3. The van der Waals surface area contributed by atoms with Crippen LogP contribution in [0.25, 0.3) is 16.5 Å². The van der Waals surface area contributed by atoms with Crippen molar-refractivity contribution in [3.8, 4) is 17.5 Å². The predicted octanol–water partition coefficient (Wildman–Crippen LogP) is 6.17. The van der Waals surface area contributed by atoms with Gasteiger partial charge in [0.25, 0.3) is 11.5 Å². The van der Waals surface area contributed by atoms with E-state index >= 15 is 0 Å². The fraction of sp³-hybridized carbons (Fsp3) is 0.263. The highest BCUT2D eigenvalue weighted by molar-refractivity contribution is 7.81. The van der Waals surface area contributed by atoms with Crippen LogP contribution in [-0.4, -0.2) is 57.5 Å². The number of hydrogen-bond donors (Lipinski definition) is 2. The largest absolute Gasteiger partial charge is 0.493 e. The molecule has 54 heavy (non-hydrogen) atoms. The number of ether oxygens (including phenoxy) is 2. The summed E-state index contributed by atoms with van der Waals surface area (Å²) in [5.41, 5.74) is -2.01. The van der Waals surface area contributed by atoms with E-state index in [2.05, 4.69) is 15.3 Å². The summed E-state index contributed by atoms with van der Waals surface area (Å²) in [6, 6.07) is 18.6. The number of anilines is 3. The van der Waals surface area contributed by atoms with Crippen LogP contribution in [0.2, 0.25) is 0 Å². The third-order valence-electron chi connectivity index (χ3n) is 8.77. The lowest BCUT2D eigenvalue weighted by molar-refractivity contribution is -0.137. The van der Waals surface area contributed by atoms with Crippen LogP contribution < -0.4 is 31.1 Å². The molecule has 1 aliphatic rings. The van der Waals surface area contributed by atoms with Gasteiger partial charge < -0.3 is 19.7 Å². The maximum absolute atomic E-state index is 13.6. The standard InChI is InChI=1S/C38H34F3N7O5S/c1-37(2)34(50)47(28-8-5-24(21-42)31(20-28)38(39,40)41)36(54)48(37)27-9-6-26(7-10-27)44-14-3-16-52-17-4-18-53-29-11-12-30-25(19-29)22-43-23-32(30)46-15-13-33(49)45-35(46)51/h5-13,15,19-20,22-23,44H,3-4,14,16-18H2,1-2H3,(H,45,49,51). The molecule has 0 spiro atoms. The van der Waals surface area contributed by atoms with Gasteiger partial charge in [0.1, 0.15) is 11.3 Å². The molecule has 16 heteroatoms. The van der Waals surface area contributed by atoms with Crippen LogP contribution >= 0.6 is 12.2 Å². The van der Waals surface area contributed by atoms with Crippen LogP contribution in [0.3, 0.4) is 0 Å². The number of alkyl halides is 3. The molecule has 1 aliphatic heterocycles. The summed E-state index contributed by atoms with van der Waals surface area (Å²) in [6.45, 7) is 5.39. The Morgan fingerprint density at radius 2 is 1.69 bits per heavy atom. The number of H-pyrrole nitrogens is 1. The quantitative estimate of drug-likeness (QED) is 0.106. The number of fused-ring (bicyclic) bond motifs is 1. The molecule has 0 saturated carbocycles. The van der Waals surface area contributed by atoms with Crippen molar-refractivity contribution in [3.05, 3.63) is 117 Å². The number of thiocarbonyl (C=S) groups is 1. The van der Waals surface area contributed by atoms with Crippen molar-refractivity contribution in [2.45, 2.75) is 38.4 Å². The summed E-state index contributed by atoms with van der Waals surface area (Å²) in [7, 11) is 0. The van der Waals surface area contributed by atoms with Gasteiger partial charge in [-0.25, -0.2) is 4.79 Å². The number of amides is 1. The molecule has 0 atom stereocenters. The van der Waals surface area contributed by atoms with E-state index in [1.54, 1.807) is 49.3 Å². The molecule has 0 bridgehead atoms. The number of aromatic amines is 1. The first kappa shape index (κ1) is 37.7. The van der Waals surface area contributed by atoms with Crippen molar-refractivity contribution in [3.63, 3.8) is 0 Å². The van der Waals surface area contributed by atoms with E-state index in [0.29, 0.717) is 49.9 Å². The molecular weight excluding hydrogens is 724 g/mol. The Morgan fingerprint density at radius 1 is 0.944 bits per heavy atom. The molecular formula is C38H34F3N7O5S. The summed E-state index contributed by atoms with van der Waals surface area (Å²) >= 11 is 5.62. The minimum Gasteiger partial charge on any atom is -0.493 e. The van der Waals surface area contributed by atoms with Crippen LogP contribution in [0.15, 0.2) is 94.9 Å². The number of nitrogens with zero attached hydrogens (tertiary/aromatic N) is 5. The van der Waals surface area contributed by atoms with Gasteiger partial charge in [-0.05, 0) is 93.1 Å². The van der Waals surface area contributed by atoms with Crippen LogP contribution in [0.1, 0.15) is 37.8 Å². The van der Waals surface area contributed by atoms with Gasteiger partial charge in [0, 0.05) is 66.8 Å². The zero-order chi connectivity index (χ0) is 38.6. The zero-order valence-electron chi connectivity index (χ0n) is 29.1. The van der Waals surface area contributed by atoms with E-state index in [9.17, 15) is 27.6 Å². The Labute approximate surface area is 312 Å². The van der Waals surface area contributed by atoms with Gasteiger partial charge in [-0.1, -0.05) is 0 Å². The van der Waals surface area contributed by atoms with E-state index in [0.717, 1.165) is 39.9 Å². The Kier molecular flexibility index (Phi) is 10.8. The predicted molar refractivity (Wildman–Crippen MR) is 201 cm³/mol. The average molecular weight is 758 g/mol. The van der Waals surface area contributed by atoms with Gasteiger partial charge in [0.15, 0.2) is 5.11 Å². The van der Waals surface area contributed by atoms with Gasteiger partial charge in [-0.2, -0.15) is 18.4 Å². The number of pyridine rings is 1. The SMILES string of the molecule is CC1(C)C(=O)N(c2ccc(C#N)c(C(F)(F)F)c2)C(=S)N1c1ccc(NCCCOCCCOc2ccc3c(-n4ccc(=O)[nH]c4=O)cncc3c2)cc1. The van der Waals surface area contributed by atoms with E-state index in [4.69, 9.17) is 27.0 Å². The summed E-state index contributed by atoms with van der Waals surface area (Å²) in [5, 5.41) is 14.1. The van der Waals surface area contributed by atoms with Crippen molar-refractivity contribution in [2.24, 2.45) is 0 Å². The first-order chi connectivity index (χ1) is 25.8. The molecule has 2 N–H and O–H groups in total. The van der Waals surface area contributed by atoms with Gasteiger partial charge in [-0.3, -0.25) is 29.0 Å². The number of nitrogens with one attached hydrogen (secondary N) is 2. The van der Waals surface area contributed by atoms with Crippen LogP contribution in [0.4, 0.5) is 30.2 Å². The maximum Gasteiger partial charge on any atom is 0.417 e. The van der Waals surface area contributed by atoms with Gasteiger partial charge in [-0.15, -0.1) is 0 Å². The van der Waals surface area contributed by atoms with Gasteiger partial charge >= 0.3 is 11.9 Å². The van der Waals surface area contributed by atoms with Gasteiger partial charge in [0.2, 0.25) is 0 Å². The van der Waals surface area contributed by atoms with Crippen molar-refractivity contribution >= 4 is 51.1 Å². The molecule has 0 radical (unpaired) electrons. The zero-order valence-corrected chi connectivity index (χ0v) is 30.0. The fourth-order valence-electron chi connectivity index (χ4n) is 6.08. The molecule has 1 saturated heterocycles. The molecule has 0 unspecified atom stereocenters. The van der Waals surface area contributed by atoms with E-state index in [-0.39, 0.29) is 10.8 Å². The Balaban J connectivity index is 0.945. The Morgan fingerprint density at radius 3 is 2.41 bits per heavy atom. The first-order valence-corrected chi connectivity index (χ1v) is 17.2. The maximum atomic E-state index is 13.6. The summed E-state index contributed by atoms with van der Waals surface area (Å²) in [6.07, 6.45) is 1.26. The normalized spacial score (nSPS) is 14.1. The lowest BCUT2D eigenvalue weighted by Crippen LogP contribution is -2.44. The minimum absolute atomic E-state index is 0.0255. The average Bonchev–Trinajstić information content (AvgIpc) is 3.32. The Hall–Kier alpha value is -6.05. The topological polar surface area (TPSA) is 146 Å². The monoisotopic (exact) mass is 757 g/mol. The molecule has 3 aromatic carbocycles. The molecule has 278 valence electrons. The van der Waals surface area contributed by atoms with E-state index in [1.807, 2.05) is 30.3 Å². The highest BCUT2D eigenvalue weighted by Crippen LogP contribution is 2.40. The molecule has 2 aromatic heterocycles. The fourth-order valence-corrected chi connectivity index (χ4v) is 6.60. The van der Waals surface area contributed by atoms with Crippen LogP contribution in [0, 0.1) is 11.3 Å². The molecule has 5 aromatic rings. The van der Waals surface area contributed by atoms with Gasteiger partial charge in [0.05, 0.1) is 41.4 Å². The number of aromatic nitrogens is 3. The summed E-state index contributed by atoms with van der Waals surface area (Å²) < 4.78 is 53.9. The molecule has 3 heterocycles. The number of hydrogen-bond acceptors (Lipinski definition) is 9. The second-order valence-electron chi connectivity index (χ2n) is 12.8. The number of carbonyl (C=O) groups excluding carboxylic acids is 1. The number of halogens is 3. The first-order valence-electron chi connectivity index (χ1n) is 16.8. The number of benzene rings is 3. The number of rotatable bonds is 13. The van der Waals surface area contributed by atoms with Crippen molar-refractivity contribution in [1.82, 2.24) is 14.5 Å². The molecule has 6 rings (SSSR count). The lowest BCUT2D eigenvalue weighted by Gasteiger charge is -2.29. The minimum atomic E-state index is -4.78. The van der Waals surface area contributed by atoms with E-state index in [1.165, 1.54) is 22.9 Å². The number of nitriles is 1. The van der Waals surface area contributed by atoms with Crippen molar-refractivity contribution < 1.29 is 27.4 Å². The number of carbonyl (C=O) groups is 1. The highest BCUT2D eigenvalue weighted by Gasteiger charge is 2.50. The molecule has 12 nitrogen and oxygen atoms in total. The van der Waals surface area contributed by atoms with Crippen molar-refractivity contribution in [2.75, 3.05) is 41.5 Å². The molecule has 1 fully saturated rings. The van der Waals surface area contributed by atoms with Crippen molar-refractivity contribution in [1.29, 1.82) is 5.26 Å². The van der Waals surface area contributed by atoms with E-state index < -0.39 is 40.0 Å². The second kappa shape index (κ2) is 15.5. The third kappa shape index (κ3) is 7.82. The highest BCUT2D eigenvalue weighted by atomic mass is 32.1. The lowest BCUT2D eigenvalue weighted by atomic mass is 10.0. The summed E-state index contributed by atoms with van der Waals surface area (Å²) in [5.74, 6) is 0.152. The molecule has 0 aliphatic carbocycles. The second-order valence-corrected chi connectivity index (χ2v) is 13.2.